The van der Waals surface area contributed by atoms with Gasteiger partial charge in [0.25, 0.3) is 0 Å². The molecule has 0 aliphatic rings. The molecule has 7 heteroatoms. The summed E-state index contributed by atoms with van der Waals surface area (Å²) in [5.74, 6) is -1.33. The average Bonchev–Trinajstić information content (AvgIpc) is 2.49. The Labute approximate surface area is 76.6 Å². The van der Waals surface area contributed by atoms with Crippen molar-refractivity contribution in [2.24, 2.45) is 0 Å². The van der Waals surface area contributed by atoms with Gasteiger partial charge in [0.2, 0.25) is 0 Å². The summed E-state index contributed by atoms with van der Waals surface area (Å²) < 4.78 is 42.0. The van der Waals surface area contributed by atoms with Crippen molar-refractivity contribution < 1.29 is 27.2 Å². The van der Waals surface area contributed by atoms with Gasteiger partial charge in [-0.2, -0.15) is 0 Å². The molecule has 0 saturated carbocycles. The van der Waals surface area contributed by atoms with Crippen LogP contribution < -0.4 is 0 Å². The third kappa shape index (κ3) is 3.92. The van der Waals surface area contributed by atoms with E-state index in [1.54, 1.807) is 0 Å². The average molecular weight is 209 g/mol. The molecule has 1 heterocycles. The van der Waals surface area contributed by atoms with Crippen molar-refractivity contribution in [2.75, 3.05) is 0 Å². The summed E-state index contributed by atoms with van der Waals surface area (Å²) in [5, 5.41) is 3.42. The van der Waals surface area contributed by atoms with Crippen LogP contribution >= 0.6 is 0 Å². The van der Waals surface area contributed by atoms with Crippen molar-refractivity contribution in [3.63, 3.8) is 0 Å². The molecule has 0 aliphatic heterocycles. The molecule has 0 spiro atoms. The minimum atomic E-state index is -4.92. The van der Waals surface area contributed by atoms with Crippen LogP contribution in [0.4, 0.5) is 13.2 Å². The molecule has 1 rings (SSSR count). The monoisotopic (exact) mass is 209 g/mol. The summed E-state index contributed by atoms with van der Waals surface area (Å²) in [6, 6.07) is 1.46. The van der Waals surface area contributed by atoms with Gasteiger partial charge in [0.15, 0.2) is 0 Å². The summed E-state index contributed by atoms with van der Waals surface area (Å²) in [6.07, 6.45) is -3.97. The number of aryl methyl sites for hydroxylation is 1. The topological polar surface area (TPSA) is 52.3 Å². The Bertz CT molecular complexity index is 294. The van der Waals surface area contributed by atoms with E-state index < -0.39 is 12.3 Å². The molecule has 0 aliphatic carbocycles. The van der Waals surface area contributed by atoms with Gasteiger partial charge >= 0.3 is 12.3 Å². The summed E-state index contributed by atoms with van der Waals surface area (Å²) in [6.45, 7) is 0. The number of alkyl halides is 3. The summed E-state index contributed by atoms with van der Waals surface area (Å²) in [5.41, 5.74) is 0.407. The molecule has 0 amide bonds. The van der Waals surface area contributed by atoms with E-state index in [0.717, 1.165) is 0 Å². The van der Waals surface area contributed by atoms with E-state index in [1.807, 2.05) is 0 Å². The Balaban J connectivity index is 2.29. The predicted molar refractivity (Wildman–Crippen MR) is 37.0 cm³/mol. The summed E-state index contributed by atoms with van der Waals surface area (Å²) >= 11 is 0. The standard InChI is InChI=1S/C7H6F3NO3/c8-7(9,10)14-6(12)2-1-5-3-4-13-11-5/h3-4H,1-2H2. The maximum atomic E-state index is 11.5. The van der Waals surface area contributed by atoms with E-state index >= 15 is 0 Å². The Morgan fingerprint density at radius 3 is 2.79 bits per heavy atom. The number of aromatic nitrogens is 1. The minimum Gasteiger partial charge on any atom is -0.373 e. The second-order valence-corrected chi connectivity index (χ2v) is 2.41. The Morgan fingerprint density at radius 2 is 2.29 bits per heavy atom. The molecule has 0 radical (unpaired) electrons. The number of halogens is 3. The number of esters is 1. The van der Waals surface area contributed by atoms with E-state index in [9.17, 15) is 18.0 Å². The lowest BCUT2D eigenvalue weighted by Crippen LogP contribution is -2.19. The molecule has 78 valence electrons. The summed E-state index contributed by atoms with van der Waals surface area (Å²) in [4.78, 5) is 10.6. The second-order valence-electron chi connectivity index (χ2n) is 2.41. The predicted octanol–water partition coefficient (Wildman–Crippen LogP) is 1.67. The lowest BCUT2D eigenvalue weighted by atomic mass is 10.2. The van der Waals surface area contributed by atoms with E-state index in [-0.39, 0.29) is 12.8 Å². The molecule has 1 aromatic rings. The quantitative estimate of drug-likeness (QED) is 0.710. The van der Waals surface area contributed by atoms with Crippen LogP contribution in [0.3, 0.4) is 0 Å². The maximum Gasteiger partial charge on any atom is 0.575 e. The zero-order valence-electron chi connectivity index (χ0n) is 6.87. The molecule has 4 nitrogen and oxygen atoms in total. The van der Waals surface area contributed by atoms with Crippen molar-refractivity contribution >= 4 is 5.97 Å². The van der Waals surface area contributed by atoms with Crippen LogP contribution in [0.5, 0.6) is 0 Å². The third-order valence-electron chi connectivity index (χ3n) is 1.31. The van der Waals surface area contributed by atoms with Crippen molar-refractivity contribution in [1.29, 1.82) is 0 Å². The molecular formula is C7H6F3NO3. The SMILES string of the molecule is O=C(CCc1ccon1)OC(F)(F)F. The molecule has 1 aromatic heterocycles. The van der Waals surface area contributed by atoms with Crippen molar-refractivity contribution in [1.82, 2.24) is 5.16 Å². The first-order chi connectivity index (χ1) is 6.47. The highest BCUT2D eigenvalue weighted by Crippen LogP contribution is 2.17. The number of hydrogen-bond acceptors (Lipinski definition) is 4. The highest BCUT2D eigenvalue weighted by molar-refractivity contribution is 5.69. The van der Waals surface area contributed by atoms with Gasteiger partial charge in [0, 0.05) is 12.5 Å². The second kappa shape index (κ2) is 4.12. The largest absolute Gasteiger partial charge is 0.575 e. The molecule has 0 saturated heterocycles. The van der Waals surface area contributed by atoms with Gasteiger partial charge in [-0.25, -0.2) is 0 Å². The molecular weight excluding hydrogens is 203 g/mol. The number of rotatable bonds is 3. The van der Waals surface area contributed by atoms with Gasteiger partial charge in [-0.1, -0.05) is 5.16 Å². The van der Waals surface area contributed by atoms with Crippen LogP contribution in [0, 0.1) is 0 Å². The Kier molecular flexibility index (Phi) is 3.10. The van der Waals surface area contributed by atoms with Crippen LogP contribution in [-0.2, 0) is 16.0 Å². The van der Waals surface area contributed by atoms with E-state index in [1.165, 1.54) is 12.3 Å². The molecule has 0 bridgehead atoms. The number of nitrogens with zero attached hydrogens (tertiary/aromatic N) is 1. The lowest BCUT2D eigenvalue weighted by molar-refractivity contribution is -0.305. The zero-order chi connectivity index (χ0) is 10.6. The van der Waals surface area contributed by atoms with Gasteiger partial charge in [0.05, 0.1) is 12.1 Å². The normalized spacial score (nSPS) is 11.4. The zero-order valence-corrected chi connectivity index (χ0v) is 6.87. The molecule has 0 fully saturated rings. The van der Waals surface area contributed by atoms with E-state index in [2.05, 4.69) is 14.4 Å². The number of ether oxygens (including phenoxy) is 1. The number of carbonyl (C=O) groups excluding carboxylic acids is 1. The third-order valence-corrected chi connectivity index (χ3v) is 1.31. The molecule has 0 aromatic carbocycles. The maximum absolute atomic E-state index is 11.5. The van der Waals surface area contributed by atoms with Crippen LogP contribution in [0.25, 0.3) is 0 Å². The number of hydrogen-bond donors (Lipinski definition) is 0. The Hall–Kier alpha value is -1.53. The van der Waals surface area contributed by atoms with Crippen molar-refractivity contribution in [2.45, 2.75) is 19.2 Å². The molecule has 0 atom stereocenters. The van der Waals surface area contributed by atoms with Crippen LogP contribution in [0.15, 0.2) is 16.9 Å². The summed E-state index contributed by atoms with van der Waals surface area (Å²) in [7, 11) is 0. The first kappa shape index (κ1) is 10.6. The smallest absolute Gasteiger partial charge is 0.373 e. The van der Waals surface area contributed by atoms with Crippen LogP contribution in [0.1, 0.15) is 12.1 Å². The van der Waals surface area contributed by atoms with Gasteiger partial charge in [0.1, 0.15) is 6.26 Å². The first-order valence-electron chi connectivity index (χ1n) is 3.65. The van der Waals surface area contributed by atoms with E-state index in [4.69, 9.17) is 0 Å². The molecule has 0 N–H and O–H groups in total. The fourth-order valence-electron chi connectivity index (χ4n) is 0.777. The van der Waals surface area contributed by atoms with Gasteiger partial charge < -0.3 is 9.26 Å². The molecule has 0 unspecified atom stereocenters. The highest BCUT2D eigenvalue weighted by atomic mass is 19.4. The Morgan fingerprint density at radius 1 is 1.57 bits per heavy atom. The van der Waals surface area contributed by atoms with Gasteiger partial charge in [-0.15, -0.1) is 13.2 Å². The fraction of sp³-hybridized carbons (Fsp3) is 0.429. The minimum absolute atomic E-state index is 0.0609. The number of carbonyl (C=O) groups is 1. The highest BCUT2D eigenvalue weighted by Gasteiger charge is 2.33. The first-order valence-corrected chi connectivity index (χ1v) is 3.65. The van der Waals surface area contributed by atoms with Crippen molar-refractivity contribution in [3.8, 4) is 0 Å². The van der Waals surface area contributed by atoms with E-state index in [0.29, 0.717) is 5.69 Å². The van der Waals surface area contributed by atoms with Crippen LogP contribution in [0.2, 0.25) is 0 Å². The van der Waals surface area contributed by atoms with Crippen LogP contribution in [-0.4, -0.2) is 17.5 Å². The van der Waals surface area contributed by atoms with Crippen molar-refractivity contribution in [3.05, 3.63) is 18.0 Å². The van der Waals surface area contributed by atoms with Gasteiger partial charge in [-0.05, 0) is 0 Å². The fourth-order valence-corrected chi connectivity index (χ4v) is 0.777. The molecule has 14 heavy (non-hydrogen) atoms. The van der Waals surface area contributed by atoms with Gasteiger partial charge in [-0.3, -0.25) is 4.79 Å². The lowest BCUT2D eigenvalue weighted by Gasteiger charge is -2.05.